The molecule has 0 radical (unpaired) electrons. The average Bonchev–Trinajstić information content (AvgIpc) is 2.27. The van der Waals surface area contributed by atoms with Gasteiger partial charge in [0.1, 0.15) is 0 Å². The molecule has 0 bridgehead atoms. The van der Waals surface area contributed by atoms with Gasteiger partial charge < -0.3 is 10.8 Å². The fourth-order valence-corrected chi connectivity index (χ4v) is 3.43. The van der Waals surface area contributed by atoms with Crippen LogP contribution in [0.3, 0.4) is 0 Å². The lowest BCUT2D eigenvalue weighted by molar-refractivity contribution is -0.00764. The summed E-state index contributed by atoms with van der Waals surface area (Å²) >= 11 is 0. The molecule has 0 aromatic carbocycles. The zero-order chi connectivity index (χ0) is 15.6. The fraction of sp³-hybridized carbons (Fsp3) is 1.00. The van der Waals surface area contributed by atoms with E-state index in [4.69, 9.17) is 5.73 Å². The molecule has 4 nitrogen and oxygen atoms in total. The lowest BCUT2D eigenvalue weighted by Gasteiger charge is -2.47. The standard InChI is InChI=1S/C16H35N3O/c1-7-13(17)14(15(2,3)4)19-10-8-18(9-11-19)12-16(5,6)20/h13-14,20H,7-12,17H2,1-6H3. The first-order valence-electron chi connectivity index (χ1n) is 7.99. The van der Waals surface area contributed by atoms with E-state index in [1.807, 2.05) is 13.8 Å². The van der Waals surface area contributed by atoms with Crippen LogP contribution in [0.2, 0.25) is 0 Å². The molecule has 0 aliphatic carbocycles. The molecule has 0 aromatic heterocycles. The van der Waals surface area contributed by atoms with E-state index in [1.165, 1.54) is 0 Å². The monoisotopic (exact) mass is 285 g/mol. The Morgan fingerprint density at radius 1 is 1.05 bits per heavy atom. The van der Waals surface area contributed by atoms with E-state index >= 15 is 0 Å². The summed E-state index contributed by atoms with van der Waals surface area (Å²) in [4.78, 5) is 4.91. The van der Waals surface area contributed by atoms with Crippen LogP contribution in [0.1, 0.15) is 48.0 Å². The second-order valence-corrected chi connectivity index (χ2v) is 8.01. The van der Waals surface area contributed by atoms with Crippen molar-refractivity contribution >= 4 is 0 Å². The SMILES string of the molecule is CCC(N)C(N1CCN(CC(C)(C)O)CC1)C(C)(C)C. The molecule has 0 amide bonds. The van der Waals surface area contributed by atoms with Gasteiger partial charge >= 0.3 is 0 Å². The van der Waals surface area contributed by atoms with Crippen molar-refractivity contribution < 1.29 is 5.11 Å². The number of β-amino-alcohol motifs (C(OH)–C–C–N with tert-alkyl or cyclic N) is 1. The number of rotatable bonds is 5. The summed E-state index contributed by atoms with van der Waals surface area (Å²) in [6.07, 6.45) is 1.02. The summed E-state index contributed by atoms with van der Waals surface area (Å²) in [5.41, 5.74) is 5.97. The Bertz CT molecular complexity index is 285. The van der Waals surface area contributed by atoms with Gasteiger partial charge in [0.15, 0.2) is 0 Å². The van der Waals surface area contributed by atoms with E-state index in [-0.39, 0.29) is 11.5 Å². The minimum Gasteiger partial charge on any atom is -0.389 e. The van der Waals surface area contributed by atoms with Crippen molar-refractivity contribution in [3.63, 3.8) is 0 Å². The molecule has 1 fully saturated rings. The predicted molar refractivity (Wildman–Crippen MR) is 85.8 cm³/mol. The van der Waals surface area contributed by atoms with Gasteiger partial charge in [-0.1, -0.05) is 27.7 Å². The Labute approximate surface area is 125 Å². The second-order valence-electron chi connectivity index (χ2n) is 8.01. The number of nitrogens with zero attached hydrogens (tertiary/aromatic N) is 2. The van der Waals surface area contributed by atoms with Crippen molar-refractivity contribution in [2.75, 3.05) is 32.7 Å². The zero-order valence-corrected chi connectivity index (χ0v) is 14.3. The van der Waals surface area contributed by atoms with Gasteiger partial charge in [0.25, 0.3) is 0 Å². The number of aliphatic hydroxyl groups is 1. The van der Waals surface area contributed by atoms with Crippen LogP contribution < -0.4 is 5.73 Å². The van der Waals surface area contributed by atoms with Crippen molar-refractivity contribution in [1.29, 1.82) is 0 Å². The second kappa shape index (κ2) is 6.73. The van der Waals surface area contributed by atoms with E-state index in [2.05, 4.69) is 37.5 Å². The molecule has 2 unspecified atom stereocenters. The van der Waals surface area contributed by atoms with Gasteiger partial charge in [-0.2, -0.15) is 0 Å². The van der Waals surface area contributed by atoms with Crippen molar-refractivity contribution in [1.82, 2.24) is 9.80 Å². The van der Waals surface area contributed by atoms with Gasteiger partial charge in [0, 0.05) is 44.8 Å². The Morgan fingerprint density at radius 3 is 1.90 bits per heavy atom. The van der Waals surface area contributed by atoms with Crippen LogP contribution in [-0.4, -0.2) is 65.3 Å². The van der Waals surface area contributed by atoms with Crippen LogP contribution in [0.25, 0.3) is 0 Å². The Balaban J connectivity index is 2.62. The summed E-state index contributed by atoms with van der Waals surface area (Å²) in [6, 6.07) is 0.660. The Kier molecular flexibility index (Phi) is 6.02. The van der Waals surface area contributed by atoms with Crippen molar-refractivity contribution in [2.45, 2.75) is 65.6 Å². The molecular weight excluding hydrogens is 250 g/mol. The number of nitrogens with two attached hydrogens (primary N) is 1. The van der Waals surface area contributed by atoms with Crippen LogP contribution in [0, 0.1) is 5.41 Å². The first-order chi connectivity index (χ1) is 9.04. The molecule has 1 aliphatic heterocycles. The molecule has 20 heavy (non-hydrogen) atoms. The molecule has 2 atom stereocenters. The Morgan fingerprint density at radius 2 is 1.55 bits per heavy atom. The maximum atomic E-state index is 9.93. The minimum absolute atomic E-state index is 0.202. The highest BCUT2D eigenvalue weighted by molar-refractivity contribution is 4.93. The smallest absolute Gasteiger partial charge is 0.0718 e. The summed E-state index contributed by atoms with van der Waals surface area (Å²) in [7, 11) is 0. The normalized spacial score (nSPS) is 22.8. The van der Waals surface area contributed by atoms with E-state index in [1.54, 1.807) is 0 Å². The van der Waals surface area contributed by atoms with Crippen LogP contribution in [0.5, 0.6) is 0 Å². The summed E-state index contributed by atoms with van der Waals surface area (Å²) in [5.74, 6) is 0. The van der Waals surface area contributed by atoms with E-state index in [0.717, 1.165) is 39.1 Å². The van der Waals surface area contributed by atoms with Crippen LogP contribution >= 0.6 is 0 Å². The fourth-order valence-electron chi connectivity index (χ4n) is 3.43. The molecule has 1 saturated heterocycles. The molecule has 3 N–H and O–H groups in total. The first kappa shape index (κ1) is 17.9. The van der Waals surface area contributed by atoms with Gasteiger partial charge in [-0.05, 0) is 25.7 Å². The van der Waals surface area contributed by atoms with Crippen LogP contribution in [-0.2, 0) is 0 Å². The van der Waals surface area contributed by atoms with E-state index in [0.29, 0.717) is 6.04 Å². The average molecular weight is 285 g/mol. The van der Waals surface area contributed by atoms with Gasteiger partial charge in [0.2, 0.25) is 0 Å². The molecule has 1 heterocycles. The lowest BCUT2D eigenvalue weighted by atomic mass is 9.80. The summed E-state index contributed by atoms with van der Waals surface area (Å²) in [6.45, 7) is 17.7. The number of hydrogen-bond donors (Lipinski definition) is 2. The maximum absolute atomic E-state index is 9.93. The third kappa shape index (κ3) is 5.32. The van der Waals surface area contributed by atoms with Crippen molar-refractivity contribution in [2.24, 2.45) is 11.1 Å². The van der Waals surface area contributed by atoms with Gasteiger partial charge in [0.05, 0.1) is 5.60 Å². The van der Waals surface area contributed by atoms with Gasteiger partial charge in [-0.25, -0.2) is 0 Å². The number of piperazine rings is 1. The highest BCUT2D eigenvalue weighted by Gasteiger charge is 2.36. The molecular formula is C16H35N3O. The van der Waals surface area contributed by atoms with Crippen molar-refractivity contribution in [3.8, 4) is 0 Å². The minimum atomic E-state index is -0.606. The van der Waals surface area contributed by atoms with Crippen LogP contribution in [0.15, 0.2) is 0 Å². The van der Waals surface area contributed by atoms with Crippen LogP contribution in [0.4, 0.5) is 0 Å². The zero-order valence-electron chi connectivity index (χ0n) is 14.3. The summed E-state index contributed by atoms with van der Waals surface area (Å²) < 4.78 is 0. The highest BCUT2D eigenvalue weighted by Crippen LogP contribution is 2.28. The van der Waals surface area contributed by atoms with Gasteiger partial charge in [-0.15, -0.1) is 0 Å². The molecule has 1 aliphatic rings. The predicted octanol–water partition coefficient (Wildman–Crippen LogP) is 1.53. The lowest BCUT2D eigenvalue weighted by Crippen LogP contribution is -2.60. The number of hydrogen-bond acceptors (Lipinski definition) is 4. The highest BCUT2D eigenvalue weighted by atomic mass is 16.3. The van der Waals surface area contributed by atoms with Gasteiger partial charge in [-0.3, -0.25) is 9.80 Å². The largest absolute Gasteiger partial charge is 0.389 e. The molecule has 4 heteroatoms. The molecule has 1 rings (SSSR count). The molecule has 120 valence electrons. The van der Waals surface area contributed by atoms with E-state index < -0.39 is 5.60 Å². The Hall–Kier alpha value is -0.160. The van der Waals surface area contributed by atoms with Crippen molar-refractivity contribution in [3.05, 3.63) is 0 Å². The maximum Gasteiger partial charge on any atom is 0.0718 e. The first-order valence-corrected chi connectivity index (χ1v) is 7.99. The molecule has 0 saturated carbocycles. The third-order valence-electron chi connectivity index (χ3n) is 4.18. The summed E-state index contributed by atoms with van der Waals surface area (Å²) in [5, 5.41) is 9.93. The molecule has 0 spiro atoms. The van der Waals surface area contributed by atoms with E-state index in [9.17, 15) is 5.11 Å². The topological polar surface area (TPSA) is 52.7 Å². The molecule has 0 aromatic rings. The quantitative estimate of drug-likeness (QED) is 0.804. The third-order valence-corrected chi connectivity index (χ3v) is 4.18.